The number of Topliss-reactive ketones (excluding diaryl/α,β-unsaturated/α-hetero) is 2. The summed E-state index contributed by atoms with van der Waals surface area (Å²) in [7, 11) is 4.01. The first-order valence-corrected chi connectivity index (χ1v) is 15.8. The van der Waals surface area contributed by atoms with Gasteiger partial charge in [0.25, 0.3) is 0 Å². The second-order valence-corrected chi connectivity index (χ2v) is 12.1. The van der Waals surface area contributed by atoms with Crippen LogP contribution in [0.2, 0.25) is 5.02 Å². The van der Waals surface area contributed by atoms with Crippen LogP contribution in [0, 0.1) is 5.92 Å². The van der Waals surface area contributed by atoms with Gasteiger partial charge in [0.1, 0.15) is 27.8 Å². The average Bonchev–Trinajstić information content (AvgIpc) is 3.66. The summed E-state index contributed by atoms with van der Waals surface area (Å²) in [5.41, 5.74) is -1.52. The third-order valence-electron chi connectivity index (χ3n) is 8.28. The molecule has 0 radical (unpaired) electrons. The van der Waals surface area contributed by atoms with Crippen LogP contribution in [0.25, 0.3) is 0 Å². The van der Waals surface area contributed by atoms with E-state index in [2.05, 4.69) is 10.1 Å². The number of hydrogen-bond donors (Lipinski definition) is 2. The molecule has 0 saturated carbocycles. The predicted octanol–water partition coefficient (Wildman–Crippen LogP) is 5.68. The zero-order valence-corrected chi connectivity index (χ0v) is 27.3. The van der Waals surface area contributed by atoms with Gasteiger partial charge in [-0.15, -0.1) is 11.8 Å². The van der Waals surface area contributed by atoms with Crippen molar-refractivity contribution in [3.05, 3.63) is 81.5 Å². The molecule has 242 valence electrons. The Bertz CT molecular complexity index is 1750. The van der Waals surface area contributed by atoms with E-state index in [0.29, 0.717) is 11.3 Å². The molecular formula is C33H32ClNO10S. The Morgan fingerprint density at radius 3 is 2.43 bits per heavy atom. The molecule has 3 atom stereocenters. The molecule has 0 fully saturated rings. The number of esters is 1. The van der Waals surface area contributed by atoms with E-state index in [-0.39, 0.29) is 58.6 Å². The summed E-state index contributed by atoms with van der Waals surface area (Å²) in [6.07, 6.45) is 1.50. The number of halogens is 1. The number of carbonyl (C=O) groups is 4. The minimum Gasteiger partial charge on any atom is -0.507 e. The molecule has 1 unspecified atom stereocenters. The molecule has 1 amide bonds. The molecule has 13 heteroatoms. The zero-order valence-electron chi connectivity index (χ0n) is 25.7. The van der Waals surface area contributed by atoms with E-state index in [1.807, 2.05) is 18.4 Å². The molecule has 1 spiro atoms. The number of ether oxygens (including phenoxy) is 4. The Kier molecular flexibility index (Phi) is 9.41. The predicted molar refractivity (Wildman–Crippen MR) is 168 cm³/mol. The number of furan rings is 1. The number of allylic oxidation sites excluding steroid dienone is 1. The van der Waals surface area contributed by atoms with E-state index in [1.165, 1.54) is 51.3 Å². The summed E-state index contributed by atoms with van der Waals surface area (Å²) in [6, 6.07) is 11.6. The first kappa shape index (κ1) is 33.0. The highest BCUT2D eigenvalue weighted by atomic mass is 35.5. The monoisotopic (exact) mass is 669 g/mol. The Morgan fingerprint density at radius 1 is 1.11 bits per heavy atom. The normalized spacial score (nSPS) is 19.5. The van der Waals surface area contributed by atoms with Gasteiger partial charge in [0, 0.05) is 41.2 Å². The minimum atomic E-state index is -2.00. The van der Waals surface area contributed by atoms with Gasteiger partial charge in [-0.2, -0.15) is 0 Å². The second kappa shape index (κ2) is 13.1. The quantitative estimate of drug-likeness (QED) is 0.203. The van der Waals surface area contributed by atoms with Crippen molar-refractivity contribution in [1.29, 1.82) is 0 Å². The molecule has 3 aromatic rings. The fourth-order valence-electron chi connectivity index (χ4n) is 5.89. The molecule has 0 bridgehead atoms. The van der Waals surface area contributed by atoms with Gasteiger partial charge in [-0.05, 0) is 36.1 Å². The lowest BCUT2D eigenvalue weighted by Gasteiger charge is -2.38. The lowest BCUT2D eigenvalue weighted by Crippen LogP contribution is -2.53. The number of ketones is 2. The van der Waals surface area contributed by atoms with Gasteiger partial charge < -0.3 is 33.8 Å². The van der Waals surface area contributed by atoms with E-state index in [9.17, 15) is 24.3 Å². The van der Waals surface area contributed by atoms with Crippen LogP contribution in [0.3, 0.4) is 0 Å². The van der Waals surface area contributed by atoms with E-state index in [4.69, 9.17) is 30.2 Å². The number of carbonyl (C=O) groups excluding carboxylic acids is 4. The summed E-state index contributed by atoms with van der Waals surface area (Å²) < 4.78 is 27.2. The fourth-order valence-corrected chi connectivity index (χ4v) is 6.56. The molecule has 1 aliphatic heterocycles. The van der Waals surface area contributed by atoms with Crippen molar-refractivity contribution in [3.8, 4) is 17.2 Å². The number of methoxy groups -OCH3 is 3. The molecule has 5 rings (SSSR count). The molecule has 46 heavy (non-hydrogen) atoms. The van der Waals surface area contributed by atoms with Gasteiger partial charge in [0.05, 0.1) is 27.9 Å². The Balaban J connectivity index is 1.56. The third kappa shape index (κ3) is 5.60. The number of benzene rings is 2. The van der Waals surface area contributed by atoms with Crippen molar-refractivity contribution in [2.75, 3.05) is 27.6 Å². The largest absolute Gasteiger partial charge is 0.507 e. The van der Waals surface area contributed by atoms with Crippen molar-refractivity contribution in [1.82, 2.24) is 5.32 Å². The molecular weight excluding hydrogens is 638 g/mol. The second-order valence-electron chi connectivity index (χ2n) is 10.8. The van der Waals surface area contributed by atoms with Gasteiger partial charge in [0.15, 0.2) is 17.3 Å². The molecule has 1 aliphatic carbocycles. The number of fused-ring (bicyclic) bond motifs is 1. The Labute approximate surface area is 274 Å². The maximum atomic E-state index is 14.2. The SMILES string of the molecule is COC(=O)c1ccc(CNC(=O)CC(C2=C(O)[C@@]3(Oc4c(Cl)c(OC)cc(OC)c4C3=O)[C@H](C)CC2=O)c2ccc(SC)cc2)o1. The Morgan fingerprint density at radius 2 is 1.80 bits per heavy atom. The highest BCUT2D eigenvalue weighted by Gasteiger charge is 2.61. The van der Waals surface area contributed by atoms with Gasteiger partial charge in [-0.1, -0.05) is 30.7 Å². The van der Waals surface area contributed by atoms with Crippen molar-refractivity contribution in [2.45, 2.75) is 42.7 Å². The van der Waals surface area contributed by atoms with E-state index in [0.717, 1.165) is 4.90 Å². The first-order chi connectivity index (χ1) is 22.0. The number of amides is 1. The lowest BCUT2D eigenvalue weighted by atomic mass is 9.69. The van der Waals surface area contributed by atoms with Crippen LogP contribution in [0.15, 0.2) is 63.1 Å². The van der Waals surface area contributed by atoms with E-state index in [1.54, 1.807) is 19.1 Å². The number of hydrogen-bond acceptors (Lipinski definition) is 11. The number of thioether (sulfide) groups is 1. The summed E-state index contributed by atoms with van der Waals surface area (Å²) in [5.74, 6) is -3.94. The van der Waals surface area contributed by atoms with Crippen LogP contribution < -0.4 is 19.5 Å². The summed E-state index contributed by atoms with van der Waals surface area (Å²) in [4.78, 5) is 54.1. The maximum absolute atomic E-state index is 14.2. The summed E-state index contributed by atoms with van der Waals surface area (Å²) >= 11 is 8.09. The van der Waals surface area contributed by atoms with Crippen molar-refractivity contribution < 1.29 is 47.6 Å². The van der Waals surface area contributed by atoms with Crippen LogP contribution in [-0.4, -0.2) is 61.7 Å². The molecule has 2 aromatic carbocycles. The van der Waals surface area contributed by atoms with Crippen LogP contribution in [0.1, 0.15) is 57.9 Å². The minimum absolute atomic E-state index is 0.0128. The van der Waals surface area contributed by atoms with Gasteiger partial charge in [-0.25, -0.2) is 4.79 Å². The molecule has 2 heterocycles. The van der Waals surface area contributed by atoms with Crippen LogP contribution in [0.4, 0.5) is 0 Å². The zero-order chi connectivity index (χ0) is 33.3. The summed E-state index contributed by atoms with van der Waals surface area (Å²) in [6.45, 7) is 1.58. The smallest absolute Gasteiger partial charge is 0.373 e. The van der Waals surface area contributed by atoms with Gasteiger partial charge in [0.2, 0.25) is 23.1 Å². The number of rotatable bonds is 10. The fraction of sp³-hybridized carbons (Fsp3) is 0.333. The number of aliphatic hydroxyl groups is 1. The first-order valence-electron chi connectivity index (χ1n) is 14.2. The highest BCUT2D eigenvalue weighted by molar-refractivity contribution is 7.98. The van der Waals surface area contributed by atoms with Gasteiger partial charge >= 0.3 is 5.97 Å². The van der Waals surface area contributed by atoms with Crippen molar-refractivity contribution in [2.24, 2.45) is 5.92 Å². The molecule has 2 N–H and O–H groups in total. The number of nitrogens with one attached hydrogen (secondary N) is 1. The standard InChI is InChI=1S/C33H32ClNO10S/c1-16-12-21(36)26(30(38)33(16)31(39)27-23(41-2)14-24(42-3)28(34)29(27)45-33)20(17-6-9-19(46-5)10-7-17)13-25(37)35-15-18-8-11-22(44-18)32(40)43-4/h6-11,14,16,20,38H,12-13,15H2,1-5H3,(H,35,37)/t16-,20?,33+/m1/s1. The van der Waals surface area contributed by atoms with Gasteiger partial charge in [-0.3, -0.25) is 14.4 Å². The molecule has 1 aromatic heterocycles. The third-order valence-corrected chi connectivity index (χ3v) is 9.38. The van der Waals surface area contributed by atoms with Crippen molar-refractivity contribution >= 4 is 46.8 Å². The molecule has 11 nitrogen and oxygen atoms in total. The Hall–Kier alpha value is -4.42. The summed E-state index contributed by atoms with van der Waals surface area (Å²) in [5, 5.41) is 14.8. The van der Waals surface area contributed by atoms with E-state index >= 15 is 0 Å². The number of aliphatic hydroxyl groups excluding tert-OH is 1. The van der Waals surface area contributed by atoms with E-state index < -0.39 is 46.6 Å². The molecule has 0 saturated heterocycles. The highest BCUT2D eigenvalue weighted by Crippen LogP contribution is 2.55. The average molecular weight is 670 g/mol. The van der Waals surface area contributed by atoms with Crippen LogP contribution in [-0.2, 0) is 20.9 Å². The maximum Gasteiger partial charge on any atom is 0.373 e. The van der Waals surface area contributed by atoms with Crippen LogP contribution in [0.5, 0.6) is 17.2 Å². The van der Waals surface area contributed by atoms with Crippen LogP contribution >= 0.6 is 23.4 Å². The lowest BCUT2D eigenvalue weighted by molar-refractivity contribution is -0.122. The molecule has 2 aliphatic rings. The topological polar surface area (TPSA) is 151 Å². The van der Waals surface area contributed by atoms with Crippen molar-refractivity contribution in [3.63, 3.8) is 0 Å².